The summed E-state index contributed by atoms with van der Waals surface area (Å²) < 4.78 is 4.96. The summed E-state index contributed by atoms with van der Waals surface area (Å²) in [5.74, 6) is 1.33. The van der Waals surface area contributed by atoms with E-state index in [0.717, 1.165) is 74.9 Å². The zero-order valence-corrected chi connectivity index (χ0v) is 30.0. The Labute approximate surface area is 311 Å². The largest absolute Gasteiger partial charge is 0.368 e. The normalized spacial score (nSPS) is 21.7. The number of imide groups is 1. The first-order chi connectivity index (χ1) is 26.3. The fourth-order valence-electron chi connectivity index (χ4n) is 7.98. The molecule has 5 aromatic heterocycles. The number of anilines is 1. The number of amides is 2. The van der Waals surface area contributed by atoms with Crippen LogP contribution in [0.25, 0.3) is 22.5 Å². The fourth-order valence-corrected chi connectivity index (χ4v) is 7.98. The number of likely N-dealkylation sites (tertiary alicyclic amines) is 1. The van der Waals surface area contributed by atoms with Crippen LogP contribution in [0.5, 0.6) is 0 Å². The number of aromatic nitrogens is 10. The lowest BCUT2D eigenvalue weighted by atomic mass is 9.79. The number of nitrogens with zero attached hydrogens (tertiary/aromatic N) is 13. The number of piperidine rings is 2. The summed E-state index contributed by atoms with van der Waals surface area (Å²) in [6.07, 6.45) is 17.2. The zero-order chi connectivity index (χ0) is 37.2. The van der Waals surface area contributed by atoms with Crippen molar-refractivity contribution in [2.24, 2.45) is 5.92 Å². The van der Waals surface area contributed by atoms with E-state index in [2.05, 4.69) is 63.4 Å². The minimum absolute atomic E-state index is 0.229. The molecule has 5 aromatic rings. The quantitative estimate of drug-likeness (QED) is 0.197. The molecule has 0 spiro atoms. The lowest BCUT2D eigenvalue weighted by Gasteiger charge is -2.33. The molecule has 3 aliphatic rings. The summed E-state index contributed by atoms with van der Waals surface area (Å²) in [6, 6.07) is 6.95. The number of hydrogen-bond donors (Lipinski definition) is 2. The van der Waals surface area contributed by atoms with Crippen molar-refractivity contribution >= 4 is 28.5 Å². The van der Waals surface area contributed by atoms with Gasteiger partial charge in [-0.3, -0.25) is 14.9 Å². The summed E-state index contributed by atoms with van der Waals surface area (Å²) in [5, 5.41) is 47.4. The monoisotopic (exact) mass is 727 g/mol. The lowest BCUT2D eigenvalue weighted by molar-refractivity contribution is -0.136. The van der Waals surface area contributed by atoms with Gasteiger partial charge in [0, 0.05) is 42.1 Å². The van der Waals surface area contributed by atoms with Crippen LogP contribution >= 0.6 is 0 Å². The molecule has 2 aliphatic heterocycles. The minimum Gasteiger partial charge on any atom is -0.368 e. The molecule has 0 aromatic carbocycles. The Morgan fingerprint density at radius 2 is 1.70 bits per heavy atom. The molecule has 1 saturated carbocycles. The third-order valence-corrected chi connectivity index (χ3v) is 11.1. The van der Waals surface area contributed by atoms with Crippen LogP contribution in [0.3, 0.4) is 0 Å². The number of fused-ring (bicyclic) bond motifs is 1. The molecular formula is C37H41N15O2. The van der Waals surface area contributed by atoms with Crippen LogP contribution in [-0.4, -0.2) is 92.1 Å². The number of pyridine rings is 2. The van der Waals surface area contributed by atoms with E-state index in [1.807, 2.05) is 18.5 Å². The summed E-state index contributed by atoms with van der Waals surface area (Å²) in [6.45, 7) is 4.92. The highest BCUT2D eigenvalue weighted by molar-refractivity contribution is 5.99. The number of nitrogens with one attached hydrogen (secondary N) is 2. The first-order valence-corrected chi connectivity index (χ1v) is 18.7. The molecule has 276 valence electrons. The predicted octanol–water partition coefficient (Wildman–Crippen LogP) is 3.70. The van der Waals surface area contributed by atoms with Crippen molar-refractivity contribution in [2.75, 3.05) is 25.0 Å². The Morgan fingerprint density at radius 1 is 0.926 bits per heavy atom. The van der Waals surface area contributed by atoms with Crippen LogP contribution in [0.4, 0.5) is 5.69 Å². The van der Waals surface area contributed by atoms with E-state index < -0.39 is 12.1 Å². The average molecular weight is 728 g/mol. The Balaban J connectivity index is 0.844. The van der Waals surface area contributed by atoms with Gasteiger partial charge in [-0.25, -0.2) is 19.3 Å². The zero-order valence-electron chi connectivity index (χ0n) is 30.0. The second-order valence-electron chi connectivity index (χ2n) is 14.7. The molecule has 17 heteroatoms. The van der Waals surface area contributed by atoms with Crippen LogP contribution in [-0.2, 0) is 9.59 Å². The van der Waals surface area contributed by atoms with Gasteiger partial charge >= 0.3 is 0 Å². The fraction of sp³-hybridized carbons (Fsp3) is 0.486. The topological polar surface area (TPSA) is 214 Å². The summed E-state index contributed by atoms with van der Waals surface area (Å²) >= 11 is 0. The highest BCUT2D eigenvalue weighted by Gasteiger charge is 2.31. The minimum atomic E-state index is -0.469. The van der Waals surface area contributed by atoms with E-state index in [-0.39, 0.29) is 11.8 Å². The van der Waals surface area contributed by atoms with E-state index in [9.17, 15) is 20.1 Å². The van der Waals surface area contributed by atoms with Gasteiger partial charge in [0.2, 0.25) is 5.91 Å². The van der Waals surface area contributed by atoms with Gasteiger partial charge in [-0.05, 0) is 89.9 Å². The van der Waals surface area contributed by atoms with Gasteiger partial charge in [-0.2, -0.15) is 20.3 Å². The molecule has 17 nitrogen and oxygen atoms in total. The molecule has 3 fully saturated rings. The highest BCUT2D eigenvalue weighted by Crippen LogP contribution is 2.37. The maximum atomic E-state index is 12.3. The van der Waals surface area contributed by atoms with Crippen molar-refractivity contribution in [3.05, 3.63) is 60.1 Å². The molecule has 0 radical (unpaired) electrons. The first-order valence-electron chi connectivity index (χ1n) is 18.7. The molecule has 2 N–H and O–H groups in total. The number of carbonyl (C=O) groups excluding carboxylic acids is 2. The molecule has 8 rings (SSSR count). The van der Waals surface area contributed by atoms with E-state index in [0.29, 0.717) is 59.0 Å². The highest BCUT2D eigenvalue weighted by atomic mass is 16.2. The standard InChI is InChI=1S/C37H41N15O2/c1-23(16-38)43-29-15-34(52-36-28(19-42-52)14-25(17-39)18-41-36)40-20-33(29)51-22-30(45-48-51)26-4-2-24(3-5-26)8-11-49-12-9-27(10-13-49)31-21-50(47-46-31)32-6-7-35(53)44-37(32)54/h14-15,18-24,26-27,32H,2-13H2,1H3,(H,40,43)(H,44,53,54)/t23-,24?,26?,32?/m1/s1. The van der Waals surface area contributed by atoms with Gasteiger partial charge in [-0.1, -0.05) is 10.4 Å². The molecule has 0 bridgehead atoms. The third-order valence-electron chi connectivity index (χ3n) is 11.1. The van der Waals surface area contributed by atoms with Gasteiger partial charge in [0.15, 0.2) is 11.5 Å². The van der Waals surface area contributed by atoms with Gasteiger partial charge in [0.1, 0.15) is 23.8 Å². The second kappa shape index (κ2) is 15.1. The van der Waals surface area contributed by atoms with Crippen LogP contribution < -0.4 is 10.6 Å². The number of hydrogen-bond acceptors (Lipinski definition) is 13. The first kappa shape index (κ1) is 35.0. The molecule has 2 saturated heterocycles. The molecule has 2 amide bonds. The van der Waals surface area contributed by atoms with E-state index in [4.69, 9.17) is 0 Å². The molecular weight excluding hydrogens is 687 g/mol. The van der Waals surface area contributed by atoms with E-state index in [1.54, 1.807) is 39.4 Å². The Kier molecular flexibility index (Phi) is 9.79. The molecule has 7 heterocycles. The van der Waals surface area contributed by atoms with Gasteiger partial charge < -0.3 is 10.2 Å². The van der Waals surface area contributed by atoms with E-state index >= 15 is 0 Å². The Hall–Kier alpha value is -6.07. The maximum Gasteiger partial charge on any atom is 0.251 e. The molecule has 1 unspecified atom stereocenters. The smallest absolute Gasteiger partial charge is 0.251 e. The summed E-state index contributed by atoms with van der Waals surface area (Å²) in [4.78, 5) is 35.4. The van der Waals surface area contributed by atoms with Crippen LogP contribution in [0, 0.1) is 28.6 Å². The van der Waals surface area contributed by atoms with Gasteiger partial charge in [0.25, 0.3) is 5.91 Å². The van der Waals surface area contributed by atoms with Crippen molar-refractivity contribution < 1.29 is 9.59 Å². The summed E-state index contributed by atoms with van der Waals surface area (Å²) in [5.41, 5.74) is 4.26. The molecule has 2 atom stereocenters. The third kappa shape index (κ3) is 7.27. The van der Waals surface area contributed by atoms with Crippen molar-refractivity contribution in [1.82, 2.24) is 60.0 Å². The second-order valence-corrected chi connectivity index (χ2v) is 14.7. The average Bonchev–Trinajstić information content (AvgIpc) is 3.98. The predicted molar refractivity (Wildman–Crippen MR) is 194 cm³/mol. The lowest BCUT2D eigenvalue weighted by Crippen LogP contribution is -2.41. The Bertz CT molecular complexity index is 2240. The van der Waals surface area contributed by atoms with E-state index in [1.165, 1.54) is 12.6 Å². The summed E-state index contributed by atoms with van der Waals surface area (Å²) in [7, 11) is 0. The van der Waals surface area contributed by atoms with Crippen LogP contribution in [0.2, 0.25) is 0 Å². The Morgan fingerprint density at radius 3 is 2.48 bits per heavy atom. The molecule has 54 heavy (non-hydrogen) atoms. The van der Waals surface area contributed by atoms with Crippen molar-refractivity contribution in [1.29, 1.82) is 10.5 Å². The van der Waals surface area contributed by atoms with Crippen molar-refractivity contribution in [3.8, 4) is 23.6 Å². The van der Waals surface area contributed by atoms with Crippen molar-refractivity contribution in [3.63, 3.8) is 0 Å². The number of nitriles is 2. The van der Waals surface area contributed by atoms with Crippen molar-refractivity contribution in [2.45, 2.75) is 88.6 Å². The van der Waals surface area contributed by atoms with Crippen LogP contribution in [0.15, 0.2) is 43.1 Å². The van der Waals surface area contributed by atoms with Crippen LogP contribution in [0.1, 0.15) is 99.5 Å². The number of carbonyl (C=O) groups is 2. The maximum absolute atomic E-state index is 12.3. The SMILES string of the molecule is C[C@H](C#N)Nc1cc(-n2ncc3cc(C#N)cnc32)ncc1-n1cc(C2CCC(CCN3CCC(c4cn(C5CCC(=O)NC5=O)nn4)CC3)CC2)nn1. The van der Waals surface area contributed by atoms with Gasteiger partial charge in [0.05, 0.1) is 47.3 Å². The van der Waals surface area contributed by atoms with Gasteiger partial charge in [-0.15, -0.1) is 10.2 Å². The number of rotatable bonds is 10. The molecule has 1 aliphatic carbocycles.